The van der Waals surface area contributed by atoms with E-state index in [2.05, 4.69) is 35.2 Å². The second-order valence-electron chi connectivity index (χ2n) is 4.92. The number of hydrogen-bond acceptors (Lipinski definition) is 3. The molecule has 1 aliphatic rings. The molecule has 2 heterocycles. The average Bonchev–Trinajstić information content (AvgIpc) is 2.38. The van der Waals surface area contributed by atoms with Crippen LogP contribution in [-0.4, -0.2) is 36.1 Å². The minimum absolute atomic E-state index is 0.665. The molecule has 0 spiro atoms. The maximum Gasteiger partial charge on any atom is 0.0573 e. The second kappa shape index (κ2) is 6.12. The molecule has 1 fully saturated rings. The molecular weight excluding hydrogens is 210 g/mol. The number of rotatable bonds is 4. The van der Waals surface area contributed by atoms with Crippen molar-refractivity contribution in [3.05, 3.63) is 29.6 Å². The van der Waals surface area contributed by atoms with Crippen molar-refractivity contribution in [1.29, 1.82) is 0 Å². The maximum absolute atomic E-state index is 4.48. The number of aryl methyl sites for hydroxylation is 1. The van der Waals surface area contributed by atoms with E-state index in [0.717, 1.165) is 13.0 Å². The summed E-state index contributed by atoms with van der Waals surface area (Å²) in [6, 6.07) is 4.87. The Labute approximate surface area is 104 Å². The Morgan fingerprint density at radius 3 is 2.88 bits per heavy atom. The molecule has 0 amide bonds. The summed E-state index contributed by atoms with van der Waals surface area (Å²) in [7, 11) is 2.20. The van der Waals surface area contributed by atoms with Crippen molar-refractivity contribution in [3.63, 3.8) is 0 Å². The first-order valence-electron chi connectivity index (χ1n) is 6.64. The van der Waals surface area contributed by atoms with Gasteiger partial charge in [-0.15, -0.1) is 0 Å². The number of piperidine rings is 1. The molecule has 0 unspecified atom stereocenters. The van der Waals surface area contributed by atoms with Gasteiger partial charge in [-0.2, -0.15) is 0 Å². The lowest BCUT2D eigenvalue weighted by Gasteiger charge is -2.29. The molecule has 0 aliphatic carbocycles. The first-order valence-corrected chi connectivity index (χ1v) is 6.64. The summed E-state index contributed by atoms with van der Waals surface area (Å²) < 4.78 is 0. The molecule has 1 aliphatic heterocycles. The summed E-state index contributed by atoms with van der Waals surface area (Å²) in [6.07, 6.45) is 5.47. The molecule has 94 valence electrons. The van der Waals surface area contributed by atoms with Gasteiger partial charge < -0.3 is 10.2 Å². The van der Waals surface area contributed by atoms with Gasteiger partial charge in [0.2, 0.25) is 0 Å². The van der Waals surface area contributed by atoms with Gasteiger partial charge in [-0.1, -0.05) is 13.0 Å². The molecule has 2 rings (SSSR count). The Morgan fingerprint density at radius 1 is 1.41 bits per heavy atom. The smallest absolute Gasteiger partial charge is 0.0573 e. The van der Waals surface area contributed by atoms with Crippen LogP contribution in [0.4, 0.5) is 0 Å². The van der Waals surface area contributed by atoms with Crippen LogP contribution >= 0.6 is 0 Å². The van der Waals surface area contributed by atoms with Crippen LogP contribution in [0.1, 0.15) is 31.0 Å². The van der Waals surface area contributed by atoms with E-state index in [1.807, 2.05) is 12.3 Å². The van der Waals surface area contributed by atoms with Gasteiger partial charge in [0.1, 0.15) is 0 Å². The number of pyridine rings is 1. The number of hydrogen-bond donors (Lipinski definition) is 1. The minimum Gasteiger partial charge on any atom is -0.308 e. The lowest BCUT2D eigenvalue weighted by molar-refractivity contribution is 0.233. The summed E-state index contributed by atoms with van der Waals surface area (Å²) >= 11 is 0. The number of nitrogens with zero attached hydrogens (tertiary/aromatic N) is 2. The highest BCUT2D eigenvalue weighted by atomic mass is 15.1. The van der Waals surface area contributed by atoms with Crippen LogP contribution in [0.25, 0.3) is 0 Å². The van der Waals surface area contributed by atoms with Gasteiger partial charge in [0.25, 0.3) is 0 Å². The SMILES string of the molecule is CCc1cccnc1CNC1CCN(C)CC1. The van der Waals surface area contributed by atoms with Crippen molar-refractivity contribution in [2.75, 3.05) is 20.1 Å². The van der Waals surface area contributed by atoms with Gasteiger partial charge in [0.15, 0.2) is 0 Å². The van der Waals surface area contributed by atoms with Crippen LogP contribution in [0.3, 0.4) is 0 Å². The predicted octanol–water partition coefficient (Wildman–Crippen LogP) is 1.83. The largest absolute Gasteiger partial charge is 0.308 e. The molecule has 0 saturated carbocycles. The monoisotopic (exact) mass is 233 g/mol. The van der Waals surface area contributed by atoms with Gasteiger partial charge >= 0.3 is 0 Å². The first kappa shape index (κ1) is 12.5. The molecule has 0 aromatic carbocycles. The lowest BCUT2D eigenvalue weighted by Crippen LogP contribution is -2.40. The molecule has 17 heavy (non-hydrogen) atoms. The van der Waals surface area contributed by atoms with Gasteiger partial charge in [-0.3, -0.25) is 4.98 Å². The number of nitrogens with one attached hydrogen (secondary N) is 1. The van der Waals surface area contributed by atoms with Crippen LogP contribution in [0.15, 0.2) is 18.3 Å². The van der Waals surface area contributed by atoms with Crippen molar-refractivity contribution < 1.29 is 0 Å². The summed E-state index contributed by atoms with van der Waals surface area (Å²) in [5, 5.41) is 3.64. The third-order valence-electron chi connectivity index (χ3n) is 3.64. The van der Waals surface area contributed by atoms with E-state index in [0.29, 0.717) is 6.04 Å². The summed E-state index contributed by atoms with van der Waals surface area (Å²) in [6.45, 7) is 5.52. The molecular formula is C14H23N3. The molecule has 1 saturated heterocycles. The number of aromatic nitrogens is 1. The standard InChI is InChI=1S/C14H23N3/c1-3-12-5-4-8-15-14(12)11-16-13-6-9-17(2)10-7-13/h4-5,8,13,16H,3,6-7,9-11H2,1-2H3. The first-order chi connectivity index (χ1) is 8.29. The van der Waals surface area contributed by atoms with Gasteiger partial charge in [0, 0.05) is 18.8 Å². The van der Waals surface area contributed by atoms with E-state index < -0.39 is 0 Å². The highest BCUT2D eigenvalue weighted by Gasteiger charge is 2.16. The lowest BCUT2D eigenvalue weighted by atomic mass is 10.0. The van der Waals surface area contributed by atoms with Crippen LogP contribution < -0.4 is 5.32 Å². The van der Waals surface area contributed by atoms with Crippen LogP contribution in [0.2, 0.25) is 0 Å². The zero-order valence-electron chi connectivity index (χ0n) is 10.9. The van der Waals surface area contributed by atoms with Crippen LogP contribution in [-0.2, 0) is 13.0 Å². The van der Waals surface area contributed by atoms with E-state index in [9.17, 15) is 0 Å². The van der Waals surface area contributed by atoms with Gasteiger partial charge in [0.05, 0.1) is 5.69 Å². The third-order valence-corrected chi connectivity index (χ3v) is 3.64. The molecule has 1 N–H and O–H groups in total. The fourth-order valence-corrected chi connectivity index (χ4v) is 2.41. The molecule has 1 aromatic rings. The van der Waals surface area contributed by atoms with Crippen molar-refractivity contribution in [1.82, 2.24) is 15.2 Å². The Kier molecular flexibility index (Phi) is 4.51. The Hall–Kier alpha value is -0.930. The Balaban J connectivity index is 1.85. The third kappa shape index (κ3) is 3.51. The molecule has 3 nitrogen and oxygen atoms in total. The second-order valence-corrected chi connectivity index (χ2v) is 4.92. The van der Waals surface area contributed by atoms with Crippen molar-refractivity contribution in [2.45, 2.75) is 38.8 Å². The van der Waals surface area contributed by atoms with Crippen LogP contribution in [0, 0.1) is 0 Å². The Morgan fingerprint density at radius 2 is 2.18 bits per heavy atom. The minimum atomic E-state index is 0.665. The van der Waals surface area contributed by atoms with Crippen molar-refractivity contribution in [2.24, 2.45) is 0 Å². The zero-order valence-corrected chi connectivity index (χ0v) is 10.9. The highest BCUT2D eigenvalue weighted by molar-refractivity contribution is 5.19. The molecule has 0 radical (unpaired) electrons. The van der Waals surface area contributed by atoms with E-state index in [1.54, 1.807) is 0 Å². The van der Waals surface area contributed by atoms with E-state index in [4.69, 9.17) is 0 Å². The highest BCUT2D eigenvalue weighted by Crippen LogP contribution is 2.10. The molecule has 0 bridgehead atoms. The number of likely N-dealkylation sites (tertiary alicyclic amines) is 1. The molecule has 1 aromatic heterocycles. The Bertz CT molecular complexity index is 343. The van der Waals surface area contributed by atoms with Crippen LogP contribution in [0.5, 0.6) is 0 Å². The predicted molar refractivity (Wildman–Crippen MR) is 71.0 cm³/mol. The van der Waals surface area contributed by atoms with E-state index in [-0.39, 0.29) is 0 Å². The van der Waals surface area contributed by atoms with Crippen molar-refractivity contribution >= 4 is 0 Å². The topological polar surface area (TPSA) is 28.2 Å². The van der Waals surface area contributed by atoms with E-state index in [1.165, 1.54) is 37.2 Å². The average molecular weight is 233 g/mol. The quantitative estimate of drug-likeness (QED) is 0.860. The molecule has 0 atom stereocenters. The van der Waals surface area contributed by atoms with Crippen molar-refractivity contribution in [3.8, 4) is 0 Å². The van der Waals surface area contributed by atoms with Gasteiger partial charge in [-0.25, -0.2) is 0 Å². The normalized spacial score (nSPS) is 18.5. The van der Waals surface area contributed by atoms with E-state index >= 15 is 0 Å². The fourth-order valence-electron chi connectivity index (χ4n) is 2.41. The fraction of sp³-hybridized carbons (Fsp3) is 0.643. The zero-order chi connectivity index (χ0) is 12.1. The van der Waals surface area contributed by atoms with Gasteiger partial charge in [-0.05, 0) is 51.0 Å². The maximum atomic E-state index is 4.48. The molecule has 3 heteroatoms. The summed E-state index contributed by atoms with van der Waals surface area (Å²) in [4.78, 5) is 6.88. The summed E-state index contributed by atoms with van der Waals surface area (Å²) in [5.41, 5.74) is 2.59. The summed E-state index contributed by atoms with van der Waals surface area (Å²) in [5.74, 6) is 0.